The fourth-order valence-electron chi connectivity index (χ4n) is 3.97. The van der Waals surface area contributed by atoms with Gasteiger partial charge in [0.25, 0.3) is 0 Å². The van der Waals surface area contributed by atoms with Crippen molar-refractivity contribution in [3.8, 4) is 0 Å². The van der Waals surface area contributed by atoms with E-state index in [-0.39, 0.29) is 0 Å². The van der Waals surface area contributed by atoms with Gasteiger partial charge in [0.1, 0.15) is 5.82 Å². The lowest BCUT2D eigenvalue weighted by Gasteiger charge is -2.44. The summed E-state index contributed by atoms with van der Waals surface area (Å²) in [4.78, 5) is 13.8. The van der Waals surface area contributed by atoms with E-state index in [4.69, 9.17) is 0 Å². The Balaban J connectivity index is 1.17. The summed E-state index contributed by atoms with van der Waals surface area (Å²) in [6, 6.07) is 2.82. The molecule has 0 bridgehead atoms. The molecule has 6 nitrogen and oxygen atoms in total. The van der Waals surface area contributed by atoms with E-state index in [0.29, 0.717) is 12.0 Å². The number of hydrogen-bond acceptors (Lipinski definition) is 6. The van der Waals surface area contributed by atoms with Crippen LogP contribution in [-0.4, -0.2) is 51.2 Å². The summed E-state index contributed by atoms with van der Waals surface area (Å²) in [5, 5.41) is 8.93. The maximum Gasteiger partial charge on any atom is 0.151 e. The van der Waals surface area contributed by atoms with Gasteiger partial charge in [0, 0.05) is 49.6 Å². The van der Waals surface area contributed by atoms with Gasteiger partial charge in [-0.3, -0.25) is 4.90 Å². The molecule has 2 fully saturated rings. The summed E-state index contributed by atoms with van der Waals surface area (Å²) < 4.78 is 0. The van der Waals surface area contributed by atoms with Crippen molar-refractivity contribution in [1.29, 1.82) is 0 Å². The van der Waals surface area contributed by atoms with Crippen LogP contribution in [0.5, 0.6) is 0 Å². The highest BCUT2D eigenvalue weighted by Gasteiger charge is 2.32. The fourth-order valence-corrected chi connectivity index (χ4v) is 3.97. The molecule has 5 rings (SSSR count). The quantitative estimate of drug-likeness (QED) is 0.825. The minimum atomic E-state index is 0.552. The second kappa shape index (κ2) is 6.58. The Bertz CT molecular complexity index is 779. The van der Waals surface area contributed by atoms with Crippen LogP contribution in [0.15, 0.2) is 18.5 Å². The van der Waals surface area contributed by atoms with E-state index in [2.05, 4.69) is 43.1 Å². The lowest BCUT2D eigenvalue weighted by Crippen LogP contribution is -2.58. The second-order valence-electron chi connectivity index (χ2n) is 8.08. The van der Waals surface area contributed by atoms with Gasteiger partial charge >= 0.3 is 0 Å². The normalized spacial score (nSPS) is 20.2. The van der Waals surface area contributed by atoms with Gasteiger partial charge in [0.15, 0.2) is 5.82 Å². The molecular formula is C20H26N6. The first kappa shape index (κ1) is 16.1. The molecule has 0 aromatic carbocycles. The fraction of sp³-hybridized carbons (Fsp3) is 0.600. The van der Waals surface area contributed by atoms with E-state index >= 15 is 0 Å². The molecule has 0 radical (unpaired) electrons. The van der Waals surface area contributed by atoms with E-state index < -0.39 is 0 Å². The average molecular weight is 350 g/mol. The molecule has 0 N–H and O–H groups in total. The summed E-state index contributed by atoms with van der Waals surface area (Å²) in [5.41, 5.74) is 3.82. The number of hydrogen-bond donors (Lipinski definition) is 0. The minimum absolute atomic E-state index is 0.552. The molecular weight excluding hydrogens is 324 g/mol. The molecule has 3 aliphatic rings. The largest absolute Gasteiger partial charge is 0.352 e. The molecule has 2 aliphatic carbocycles. The molecule has 0 atom stereocenters. The standard InChI is InChI=1S/C20H26N6/c1-25(11-14-9-21-20(22-10-14)15-6-7-15)17-12-26(13-17)19-8-16-4-2-3-5-18(16)23-24-19/h8-10,15,17H,2-7,11-13H2,1H3. The molecule has 2 aromatic heterocycles. The van der Waals surface area contributed by atoms with Gasteiger partial charge in [-0.2, -0.15) is 5.10 Å². The van der Waals surface area contributed by atoms with Crippen molar-refractivity contribution in [3.05, 3.63) is 41.1 Å². The monoisotopic (exact) mass is 350 g/mol. The van der Waals surface area contributed by atoms with Crippen LogP contribution < -0.4 is 4.90 Å². The van der Waals surface area contributed by atoms with Crippen molar-refractivity contribution in [2.75, 3.05) is 25.0 Å². The van der Waals surface area contributed by atoms with Crippen LogP contribution in [0.2, 0.25) is 0 Å². The molecule has 2 aromatic rings. The van der Waals surface area contributed by atoms with Crippen molar-refractivity contribution in [2.24, 2.45) is 0 Å². The highest BCUT2D eigenvalue weighted by atomic mass is 15.4. The molecule has 1 aliphatic heterocycles. The Labute approximate surface area is 154 Å². The number of fused-ring (bicyclic) bond motifs is 1. The van der Waals surface area contributed by atoms with Crippen LogP contribution >= 0.6 is 0 Å². The molecule has 3 heterocycles. The molecule has 0 amide bonds. The van der Waals surface area contributed by atoms with Crippen molar-refractivity contribution in [1.82, 2.24) is 25.1 Å². The summed E-state index contributed by atoms with van der Waals surface area (Å²) in [5.74, 6) is 2.70. The average Bonchev–Trinajstić information content (AvgIpc) is 3.46. The first-order valence-electron chi connectivity index (χ1n) is 9.88. The number of anilines is 1. The first-order valence-corrected chi connectivity index (χ1v) is 9.88. The molecule has 26 heavy (non-hydrogen) atoms. The number of nitrogens with zero attached hydrogens (tertiary/aromatic N) is 6. The van der Waals surface area contributed by atoms with E-state index in [1.54, 1.807) is 0 Å². The van der Waals surface area contributed by atoms with Crippen molar-refractivity contribution in [3.63, 3.8) is 0 Å². The molecule has 6 heteroatoms. The zero-order valence-electron chi connectivity index (χ0n) is 15.4. The first-order chi connectivity index (χ1) is 12.8. The second-order valence-corrected chi connectivity index (χ2v) is 8.08. The van der Waals surface area contributed by atoms with Gasteiger partial charge in [-0.05, 0) is 57.2 Å². The van der Waals surface area contributed by atoms with Gasteiger partial charge in [0.2, 0.25) is 0 Å². The molecule has 0 spiro atoms. The Morgan fingerprint density at radius 1 is 1.08 bits per heavy atom. The van der Waals surface area contributed by atoms with Crippen LogP contribution in [0, 0.1) is 0 Å². The number of rotatable bonds is 5. The maximum absolute atomic E-state index is 4.53. The van der Waals surface area contributed by atoms with E-state index in [1.807, 2.05) is 12.4 Å². The highest BCUT2D eigenvalue weighted by Crippen LogP contribution is 2.37. The zero-order chi connectivity index (χ0) is 17.5. The predicted molar refractivity (Wildman–Crippen MR) is 100 cm³/mol. The van der Waals surface area contributed by atoms with Gasteiger partial charge in [0.05, 0.1) is 5.69 Å². The van der Waals surface area contributed by atoms with Gasteiger partial charge in [-0.15, -0.1) is 5.10 Å². The number of aryl methyl sites for hydroxylation is 2. The Morgan fingerprint density at radius 3 is 2.62 bits per heavy atom. The van der Waals surface area contributed by atoms with E-state index in [9.17, 15) is 0 Å². The lowest BCUT2D eigenvalue weighted by molar-refractivity contribution is 0.196. The van der Waals surface area contributed by atoms with Crippen molar-refractivity contribution in [2.45, 2.75) is 57.0 Å². The Kier molecular flexibility index (Phi) is 4.08. The van der Waals surface area contributed by atoms with Gasteiger partial charge < -0.3 is 4.90 Å². The molecule has 0 unspecified atom stereocenters. The van der Waals surface area contributed by atoms with Gasteiger partial charge in [-0.25, -0.2) is 9.97 Å². The Morgan fingerprint density at radius 2 is 1.85 bits per heavy atom. The van der Waals surface area contributed by atoms with Crippen LogP contribution in [0.1, 0.15) is 54.2 Å². The maximum atomic E-state index is 4.53. The molecule has 1 saturated carbocycles. The van der Waals surface area contributed by atoms with Crippen LogP contribution in [0.25, 0.3) is 0 Å². The molecule has 136 valence electrons. The predicted octanol–water partition coefficient (Wildman–Crippen LogP) is 2.34. The summed E-state index contributed by atoms with van der Waals surface area (Å²) in [6.07, 6.45) is 11.3. The SMILES string of the molecule is CN(Cc1cnc(C2CC2)nc1)C1CN(c2cc3c(nn2)CCCC3)C1. The summed E-state index contributed by atoms with van der Waals surface area (Å²) in [6.45, 7) is 2.94. The molecule has 1 saturated heterocycles. The number of aromatic nitrogens is 4. The topological polar surface area (TPSA) is 58.0 Å². The summed E-state index contributed by atoms with van der Waals surface area (Å²) in [7, 11) is 2.19. The smallest absolute Gasteiger partial charge is 0.151 e. The zero-order valence-corrected chi connectivity index (χ0v) is 15.4. The highest BCUT2D eigenvalue weighted by molar-refractivity contribution is 5.45. The van der Waals surface area contributed by atoms with Crippen molar-refractivity contribution < 1.29 is 0 Å². The minimum Gasteiger partial charge on any atom is -0.352 e. The third kappa shape index (κ3) is 3.18. The lowest BCUT2D eigenvalue weighted by atomic mass is 9.96. The number of likely N-dealkylation sites (N-methyl/N-ethyl adjacent to an activating group) is 1. The summed E-state index contributed by atoms with van der Waals surface area (Å²) >= 11 is 0. The van der Waals surface area contributed by atoms with E-state index in [0.717, 1.165) is 44.1 Å². The van der Waals surface area contributed by atoms with Crippen LogP contribution in [-0.2, 0) is 19.4 Å². The van der Waals surface area contributed by atoms with Crippen molar-refractivity contribution >= 4 is 5.82 Å². The van der Waals surface area contributed by atoms with Crippen LogP contribution in [0.4, 0.5) is 5.82 Å². The van der Waals surface area contributed by atoms with Gasteiger partial charge in [-0.1, -0.05) is 0 Å². The third-order valence-electron chi connectivity index (χ3n) is 5.97. The van der Waals surface area contributed by atoms with E-state index in [1.165, 1.54) is 42.5 Å². The third-order valence-corrected chi connectivity index (χ3v) is 5.97. The Hall–Kier alpha value is -2.08. The van der Waals surface area contributed by atoms with Crippen LogP contribution in [0.3, 0.4) is 0 Å².